The molecule has 0 heterocycles. The Morgan fingerprint density at radius 3 is 2.15 bits per heavy atom. The molecule has 5 nitrogen and oxygen atoms in total. The quantitative estimate of drug-likeness (QED) is 0.702. The molecule has 0 spiro atoms. The molecule has 0 bridgehead atoms. The predicted octanol–water partition coefficient (Wildman–Crippen LogP) is 4.28. The van der Waals surface area contributed by atoms with E-state index in [9.17, 15) is 22.8 Å². The van der Waals surface area contributed by atoms with Crippen molar-refractivity contribution in [1.82, 2.24) is 0 Å². The predicted molar refractivity (Wildman–Crippen MR) is 98.7 cm³/mol. The highest BCUT2D eigenvalue weighted by atomic mass is 19.4. The van der Waals surface area contributed by atoms with Crippen molar-refractivity contribution in [1.29, 1.82) is 0 Å². The number of nitrogens with one attached hydrogen (secondary N) is 3. The molecule has 0 saturated heterocycles. The van der Waals surface area contributed by atoms with Gasteiger partial charge in [0.05, 0.1) is 12.1 Å². The van der Waals surface area contributed by atoms with Gasteiger partial charge < -0.3 is 16.0 Å². The van der Waals surface area contributed by atoms with E-state index in [0.29, 0.717) is 5.69 Å². The van der Waals surface area contributed by atoms with Crippen LogP contribution >= 0.6 is 0 Å². The molecule has 2 aromatic rings. The van der Waals surface area contributed by atoms with Gasteiger partial charge in [-0.15, -0.1) is 0 Å². The van der Waals surface area contributed by atoms with Gasteiger partial charge in [-0.25, -0.2) is 0 Å². The minimum atomic E-state index is -4.64. The van der Waals surface area contributed by atoms with Crippen molar-refractivity contribution in [3.8, 4) is 0 Å². The van der Waals surface area contributed by atoms with Crippen molar-refractivity contribution >= 4 is 28.9 Å². The molecule has 8 heteroatoms. The third-order valence-corrected chi connectivity index (χ3v) is 3.73. The van der Waals surface area contributed by atoms with Crippen LogP contribution in [0.25, 0.3) is 0 Å². The summed E-state index contributed by atoms with van der Waals surface area (Å²) < 4.78 is 39.8. The van der Waals surface area contributed by atoms with E-state index in [1.54, 1.807) is 12.1 Å². The first-order chi connectivity index (χ1) is 12.7. The zero-order valence-electron chi connectivity index (χ0n) is 14.9. The Kier molecular flexibility index (Phi) is 6.44. The molecule has 0 atom stereocenters. The molecule has 27 heavy (non-hydrogen) atoms. The van der Waals surface area contributed by atoms with E-state index in [4.69, 9.17) is 0 Å². The fourth-order valence-corrected chi connectivity index (χ4v) is 2.42. The van der Waals surface area contributed by atoms with Crippen LogP contribution in [-0.4, -0.2) is 18.4 Å². The number of rotatable bonds is 6. The van der Waals surface area contributed by atoms with Gasteiger partial charge in [0.15, 0.2) is 0 Å². The summed E-state index contributed by atoms with van der Waals surface area (Å²) in [7, 11) is 0. The number of halogens is 3. The topological polar surface area (TPSA) is 70.2 Å². The molecule has 2 rings (SSSR count). The first-order valence-corrected chi connectivity index (χ1v) is 8.30. The number of anilines is 3. The number of hydrogen-bond acceptors (Lipinski definition) is 3. The van der Waals surface area contributed by atoms with Crippen LogP contribution in [-0.2, 0) is 22.2 Å². The minimum absolute atomic E-state index is 0.0286. The average Bonchev–Trinajstić information content (AvgIpc) is 2.60. The molecule has 2 amide bonds. The highest BCUT2D eigenvalue weighted by molar-refractivity contribution is 5.94. The largest absolute Gasteiger partial charge is 0.418 e. The van der Waals surface area contributed by atoms with Crippen molar-refractivity contribution < 1.29 is 22.8 Å². The molecule has 2 aromatic carbocycles. The molecule has 0 aromatic heterocycles. The molecule has 0 unspecified atom stereocenters. The summed E-state index contributed by atoms with van der Waals surface area (Å²) in [6.45, 7) is 2.88. The lowest BCUT2D eigenvalue weighted by atomic mass is 10.1. The van der Waals surface area contributed by atoms with Gasteiger partial charge in [-0.3, -0.25) is 9.59 Å². The standard InChI is InChI=1S/C19H20F3N3O2/c1-3-13-4-6-14(7-5-13)25-18(27)11-23-17-9-8-15(24-12(2)26)10-16(17)19(20,21)22/h4-10,23H,3,11H2,1-2H3,(H,24,26)(H,25,27). The van der Waals surface area contributed by atoms with Crippen LogP contribution in [0.15, 0.2) is 42.5 Å². The third kappa shape index (κ3) is 6.02. The number of alkyl halides is 3. The molecular formula is C19H20F3N3O2. The highest BCUT2D eigenvalue weighted by Crippen LogP contribution is 2.36. The van der Waals surface area contributed by atoms with Crippen LogP contribution < -0.4 is 16.0 Å². The van der Waals surface area contributed by atoms with Gasteiger partial charge in [0, 0.05) is 24.0 Å². The van der Waals surface area contributed by atoms with Crippen LogP contribution in [0.4, 0.5) is 30.2 Å². The van der Waals surface area contributed by atoms with Gasteiger partial charge in [-0.2, -0.15) is 13.2 Å². The van der Waals surface area contributed by atoms with Crippen molar-refractivity contribution in [2.24, 2.45) is 0 Å². The number of benzene rings is 2. The maximum Gasteiger partial charge on any atom is 0.418 e. The van der Waals surface area contributed by atoms with Gasteiger partial charge >= 0.3 is 6.18 Å². The van der Waals surface area contributed by atoms with E-state index in [1.165, 1.54) is 19.1 Å². The first kappa shape index (κ1) is 20.3. The third-order valence-electron chi connectivity index (χ3n) is 3.73. The SMILES string of the molecule is CCc1ccc(NC(=O)CNc2ccc(NC(C)=O)cc2C(F)(F)F)cc1. The Morgan fingerprint density at radius 1 is 0.963 bits per heavy atom. The van der Waals surface area contributed by atoms with Gasteiger partial charge in [0.1, 0.15) is 0 Å². The lowest BCUT2D eigenvalue weighted by Crippen LogP contribution is -2.23. The summed E-state index contributed by atoms with van der Waals surface area (Å²) in [5.41, 5.74) is 0.499. The summed E-state index contributed by atoms with van der Waals surface area (Å²) in [6, 6.07) is 10.5. The van der Waals surface area contributed by atoms with E-state index in [2.05, 4.69) is 16.0 Å². The lowest BCUT2D eigenvalue weighted by Gasteiger charge is -2.16. The Labute approximate surface area is 155 Å². The number of aryl methyl sites for hydroxylation is 1. The fourth-order valence-electron chi connectivity index (χ4n) is 2.42. The van der Waals surface area contributed by atoms with Gasteiger partial charge in [-0.05, 0) is 42.3 Å². The van der Waals surface area contributed by atoms with Gasteiger partial charge in [-0.1, -0.05) is 19.1 Å². The maximum atomic E-state index is 13.3. The van der Waals surface area contributed by atoms with Crippen LogP contribution in [0.3, 0.4) is 0 Å². The monoisotopic (exact) mass is 379 g/mol. The number of carbonyl (C=O) groups excluding carboxylic acids is 2. The van der Waals surface area contributed by atoms with Crippen molar-refractivity contribution in [2.45, 2.75) is 26.4 Å². The van der Waals surface area contributed by atoms with Crippen molar-refractivity contribution in [2.75, 3.05) is 22.5 Å². The molecule has 0 aliphatic rings. The first-order valence-electron chi connectivity index (χ1n) is 8.30. The van der Waals surface area contributed by atoms with Crippen LogP contribution in [0.1, 0.15) is 25.0 Å². The number of hydrogen-bond donors (Lipinski definition) is 3. The van der Waals surface area contributed by atoms with Crippen LogP contribution in [0, 0.1) is 0 Å². The molecule has 3 N–H and O–H groups in total. The maximum absolute atomic E-state index is 13.3. The normalized spacial score (nSPS) is 11.0. The second-order valence-electron chi connectivity index (χ2n) is 5.89. The van der Waals surface area contributed by atoms with E-state index in [0.717, 1.165) is 18.1 Å². The lowest BCUT2D eigenvalue weighted by molar-refractivity contribution is -0.137. The Morgan fingerprint density at radius 2 is 1.59 bits per heavy atom. The summed E-state index contributed by atoms with van der Waals surface area (Å²) >= 11 is 0. The Hall–Kier alpha value is -3.03. The molecular weight excluding hydrogens is 359 g/mol. The molecule has 144 valence electrons. The van der Waals surface area contributed by atoms with E-state index in [-0.39, 0.29) is 17.9 Å². The molecule has 0 saturated carbocycles. The molecule has 0 fully saturated rings. The summed E-state index contributed by atoms with van der Waals surface area (Å²) in [4.78, 5) is 23.0. The average molecular weight is 379 g/mol. The highest BCUT2D eigenvalue weighted by Gasteiger charge is 2.34. The zero-order chi connectivity index (χ0) is 20.0. The summed E-state index contributed by atoms with van der Waals surface area (Å²) in [6.07, 6.45) is -3.77. The van der Waals surface area contributed by atoms with Crippen molar-refractivity contribution in [3.63, 3.8) is 0 Å². The van der Waals surface area contributed by atoms with E-state index in [1.807, 2.05) is 19.1 Å². The smallest absolute Gasteiger partial charge is 0.376 e. The zero-order valence-corrected chi connectivity index (χ0v) is 14.9. The molecule has 0 radical (unpaired) electrons. The number of carbonyl (C=O) groups is 2. The van der Waals surface area contributed by atoms with E-state index < -0.39 is 23.6 Å². The molecule has 0 aliphatic carbocycles. The van der Waals surface area contributed by atoms with E-state index >= 15 is 0 Å². The Balaban J connectivity index is 2.06. The summed E-state index contributed by atoms with van der Waals surface area (Å²) in [5, 5.41) is 7.42. The van der Waals surface area contributed by atoms with Crippen LogP contribution in [0.5, 0.6) is 0 Å². The van der Waals surface area contributed by atoms with Gasteiger partial charge in [0.25, 0.3) is 0 Å². The van der Waals surface area contributed by atoms with Gasteiger partial charge in [0.2, 0.25) is 11.8 Å². The minimum Gasteiger partial charge on any atom is -0.376 e. The summed E-state index contributed by atoms with van der Waals surface area (Å²) in [5.74, 6) is -0.949. The number of amides is 2. The van der Waals surface area contributed by atoms with Crippen molar-refractivity contribution in [3.05, 3.63) is 53.6 Å². The second kappa shape index (κ2) is 8.57. The fraction of sp³-hybridized carbons (Fsp3) is 0.263. The Bertz CT molecular complexity index is 818. The van der Waals surface area contributed by atoms with Crippen LogP contribution in [0.2, 0.25) is 0 Å². The second-order valence-corrected chi connectivity index (χ2v) is 5.89. The molecule has 0 aliphatic heterocycles.